The van der Waals surface area contributed by atoms with E-state index in [0.717, 1.165) is 11.4 Å². The molecule has 1 unspecified atom stereocenters. The Hall–Kier alpha value is -3.22. The number of nitrogens with zero attached hydrogens (tertiary/aromatic N) is 3. The number of methoxy groups -OCH3 is 1. The van der Waals surface area contributed by atoms with E-state index in [-0.39, 0.29) is 11.9 Å². The third-order valence-corrected chi connectivity index (χ3v) is 3.53. The van der Waals surface area contributed by atoms with Gasteiger partial charge in [0.15, 0.2) is 0 Å². The molecule has 0 bridgehead atoms. The van der Waals surface area contributed by atoms with E-state index in [1.54, 1.807) is 19.4 Å². The Morgan fingerprint density at radius 2 is 1.88 bits per heavy atom. The van der Waals surface area contributed by atoms with Crippen LogP contribution in [0.25, 0.3) is 0 Å². The molecule has 0 aliphatic carbocycles. The minimum Gasteiger partial charge on any atom is -0.480 e. The average Bonchev–Trinajstić information content (AvgIpc) is 2.63. The van der Waals surface area contributed by atoms with Gasteiger partial charge >= 0.3 is 0 Å². The molecule has 0 aliphatic rings. The summed E-state index contributed by atoms with van der Waals surface area (Å²) in [5.74, 6) is 1.46. The van der Waals surface area contributed by atoms with Crippen LogP contribution in [0.2, 0.25) is 0 Å². The maximum atomic E-state index is 13.0. The lowest BCUT2D eigenvalue weighted by Crippen LogP contribution is -2.10. The lowest BCUT2D eigenvalue weighted by atomic mass is 10.2. The molecule has 128 valence electrons. The molecule has 25 heavy (non-hydrogen) atoms. The van der Waals surface area contributed by atoms with Gasteiger partial charge in [0, 0.05) is 6.20 Å². The maximum absolute atomic E-state index is 13.0. The highest BCUT2D eigenvalue weighted by molar-refractivity contribution is 5.62. The Morgan fingerprint density at radius 3 is 2.64 bits per heavy atom. The topological polar surface area (TPSA) is 72.0 Å². The van der Waals surface area contributed by atoms with Gasteiger partial charge in [0.25, 0.3) is 0 Å². The van der Waals surface area contributed by atoms with Gasteiger partial charge in [-0.2, -0.15) is 0 Å². The van der Waals surface area contributed by atoms with Crippen LogP contribution in [0.3, 0.4) is 0 Å². The number of aromatic nitrogens is 3. The van der Waals surface area contributed by atoms with Crippen molar-refractivity contribution in [1.29, 1.82) is 0 Å². The summed E-state index contributed by atoms with van der Waals surface area (Å²) < 4.78 is 18.2. The summed E-state index contributed by atoms with van der Waals surface area (Å²) in [7, 11) is 1.57. The summed E-state index contributed by atoms with van der Waals surface area (Å²) >= 11 is 0. The molecule has 0 amide bonds. The SMILES string of the molecule is COc1ncccc1Nc1cccc(NC(C)c2ccc(F)cn2)n1. The highest BCUT2D eigenvalue weighted by Crippen LogP contribution is 2.25. The summed E-state index contributed by atoms with van der Waals surface area (Å²) in [5.41, 5.74) is 1.46. The van der Waals surface area contributed by atoms with Crippen molar-refractivity contribution < 1.29 is 9.13 Å². The van der Waals surface area contributed by atoms with Gasteiger partial charge in [-0.15, -0.1) is 0 Å². The van der Waals surface area contributed by atoms with E-state index >= 15 is 0 Å². The number of anilines is 3. The zero-order valence-electron chi connectivity index (χ0n) is 13.9. The Labute approximate surface area is 145 Å². The quantitative estimate of drug-likeness (QED) is 0.709. The van der Waals surface area contributed by atoms with Crippen molar-refractivity contribution in [2.75, 3.05) is 17.7 Å². The maximum Gasteiger partial charge on any atom is 0.237 e. The first-order valence-corrected chi connectivity index (χ1v) is 7.77. The van der Waals surface area contributed by atoms with Gasteiger partial charge in [-0.25, -0.2) is 14.4 Å². The highest BCUT2D eigenvalue weighted by atomic mass is 19.1. The number of pyridine rings is 3. The molecule has 2 N–H and O–H groups in total. The number of rotatable bonds is 6. The molecule has 0 spiro atoms. The van der Waals surface area contributed by atoms with Crippen molar-refractivity contribution in [1.82, 2.24) is 15.0 Å². The fourth-order valence-corrected chi connectivity index (χ4v) is 2.31. The molecule has 3 aromatic heterocycles. The highest BCUT2D eigenvalue weighted by Gasteiger charge is 2.09. The van der Waals surface area contributed by atoms with Crippen LogP contribution < -0.4 is 15.4 Å². The molecule has 0 saturated heterocycles. The van der Waals surface area contributed by atoms with Gasteiger partial charge in [-0.3, -0.25) is 4.98 Å². The summed E-state index contributed by atoms with van der Waals surface area (Å²) in [6.45, 7) is 1.94. The van der Waals surface area contributed by atoms with Crippen molar-refractivity contribution in [3.05, 3.63) is 66.4 Å². The number of hydrogen-bond acceptors (Lipinski definition) is 6. The first-order chi connectivity index (χ1) is 12.2. The van der Waals surface area contributed by atoms with Crippen molar-refractivity contribution in [3.63, 3.8) is 0 Å². The Bertz CT molecular complexity index is 841. The third-order valence-electron chi connectivity index (χ3n) is 3.53. The molecular formula is C18H18FN5O. The van der Waals surface area contributed by atoms with Crippen LogP contribution >= 0.6 is 0 Å². The van der Waals surface area contributed by atoms with Crippen LogP contribution in [0, 0.1) is 5.82 Å². The second-order valence-electron chi connectivity index (χ2n) is 5.36. The lowest BCUT2D eigenvalue weighted by Gasteiger charge is -2.15. The summed E-state index contributed by atoms with van der Waals surface area (Å²) in [6.07, 6.45) is 2.86. The van der Waals surface area contributed by atoms with Crippen LogP contribution in [-0.4, -0.2) is 22.1 Å². The number of ether oxygens (including phenoxy) is 1. The predicted octanol–water partition coefficient (Wildman–Crippen LogP) is 3.94. The van der Waals surface area contributed by atoms with Crippen LogP contribution in [0.5, 0.6) is 5.88 Å². The molecule has 0 radical (unpaired) electrons. The summed E-state index contributed by atoms with van der Waals surface area (Å²) in [4.78, 5) is 12.7. The smallest absolute Gasteiger partial charge is 0.237 e. The minimum atomic E-state index is -0.356. The molecule has 3 aromatic rings. The van der Waals surface area contributed by atoms with Crippen LogP contribution in [0.1, 0.15) is 18.7 Å². The summed E-state index contributed by atoms with van der Waals surface area (Å²) in [6, 6.07) is 12.2. The fourth-order valence-electron chi connectivity index (χ4n) is 2.31. The monoisotopic (exact) mass is 339 g/mol. The molecule has 3 heterocycles. The average molecular weight is 339 g/mol. The number of halogens is 1. The second kappa shape index (κ2) is 7.57. The van der Waals surface area contributed by atoms with Crippen molar-refractivity contribution in [3.8, 4) is 5.88 Å². The fraction of sp³-hybridized carbons (Fsp3) is 0.167. The predicted molar refractivity (Wildman–Crippen MR) is 94.5 cm³/mol. The molecular weight excluding hydrogens is 321 g/mol. The van der Waals surface area contributed by atoms with Crippen LogP contribution in [0.4, 0.5) is 21.7 Å². The third kappa shape index (κ3) is 4.20. The van der Waals surface area contributed by atoms with Gasteiger partial charge in [0.05, 0.1) is 25.0 Å². The van der Waals surface area contributed by atoms with Crippen LogP contribution in [-0.2, 0) is 0 Å². The summed E-state index contributed by atoms with van der Waals surface area (Å²) in [5, 5.41) is 6.43. The molecule has 1 atom stereocenters. The Balaban J connectivity index is 1.74. The van der Waals surface area contributed by atoms with E-state index in [9.17, 15) is 4.39 Å². The molecule has 0 saturated carbocycles. The van der Waals surface area contributed by atoms with Gasteiger partial charge in [0.1, 0.15) is 23.1 Å². The van der Waals surface area contributed by atoms with E-state index in [1.807, 2.05) is 37.3 Å². The van der Waals surface area contributed by atoms with Crippen molar-refractivity contribution in [2.45, 2.75) is 13.0 Å². The largest absolute Gasteiger partial charge is 0.480 e. The molecule has 0 aromatic carbocycles. The van der Waals surface area contributed by atoms with E-state index < -0.39 is 0 Å². The molecule has 3 rings (SSSR count). The number of hydrogen-bond donors (Lipinski definition) is 2. The standard InChI is InChI=1S/C18H18FN5O/c1-12(14-9-8-13(19)11-21-14)22-16-6-3-7-17(24-16)23-15-5-4-10-20-18(15)25-2/h3-12H,1-2H3,(H2,22,23,24). The second-order valence-corrected chi connectivity index (χ2v) is 5.36. The van der Waals surface area contributed by atoms with E-state index in [2.05, 4.69) is 25.6 Å². The number of nitrogens with one attached hydrogen (secondary N) is 2. The van der Waals surface area contributed by atoms with Gasteiger partial charge < -0.3 is 15.4 Å². The normalized spacial score (nSPS) is 11.6. The molecule has 6 nitrogen and oxygen atoms in total. The first-order valence-electron chi connectivity index (χ1n) is 7.77. The lowest BCUT2D eigenvalue weighted by molar-refractivity contribution is 0.400. The van der Waals surface area contributed by atoms with Crippen LogP contribution in [0.15, 0.2) is 54.9 Å². The molecule has 0 fully saturated rings. The van der Waals surface area contributed by atoms with Crippen molar-refractivity contribution >= 4 is 17.3 Å². The van der Waals surface area contributed by atoms with Gasteiger partial charge in [-0.1, -0.05) is 6.07 Å². The molecule has 0 aliphatic heterocycles. The Kier molecular flexibility index (Phi) is 5.03. The molecule has 7 heteroatoms. The zero-order valence-corrected chi connectivity index (χ0v) is 13.9. The minimum absolute atomic E-state index is 0.115. The van der Waals surface area contributed by atoms with Gasteiger partial charge in [-0.05, 0) is 43.3 Å². The van der Waals surface area contributed by atoms with E-state index in [4.69, 9.17) is 4.74 Å². The first kappa shape index (κ1) is 16.6. The van der Waals surface area contributed by atoms with Crippen molar-refractivity contribution in [2.24, 2.45) is 0 Å². The Morgan fingerprint density at radius 1 is 1.04 bits per heavy atom. The van der Waals surface area contributed by atoms with E-state index in [1.165, 1.54) is 12.3 Å². The van der Waals surface area contributed by atoms with E-state index in [0.29, 0.717) is 17.5 Å². The zero-order chi connectivity index (χ0) is 17.6. The van der Waals surface area contributed by atoms with Gasteiger partial charge in [0.2, 0.25) is 5.88 Å².